The van der Waals surface area contributed by atoms with Crippen molar-refractivity contribution in [3.05, 3.63) is 49.6 Å². The molecule has 2 rings (SSSR count). The van der Waals surface area contributed by atoms with Crippen LogP contribution < -0.4 is 10.9 Å². The molecule has 0 aliphatic heterocycles. The third kappa shape index (κ3) is 3.31. The van der Waals surface area contributed by atoms with Crippen LogP contribution in [0.3, 0.4) is 0 Å². The highest BCUT2D eigenvalue weighted by atomic mass is 35.5. The summed E-state index contributed by atoms with van der Waals surface area (Å²) in [5.41, 5.74) is 1.62. The zero-order valence-corrected chi connectivity index (χ0v) is 13.3. The fourth-order valence-electron chi connectivity index (χ4n) is 2.22. The summed E-state index contributed by atoms with van der Waals surface area (Å²) in [5, 5.41) is 13.0. The lowest BCUT2D eigenvalue weighted by molar-refractivity contribution is 0.476. The lowest BCUT2D eigenvalue weighted by Crippen LogP contribution is -2.23. The van der Waals surface area contributed by atoms with Crippen molar-refractivity contribution in [1.29, 1.82) is 0 Å². The Morgan fingerprint density at radius 3 is 2.38 bits per heavy atom. The summed E-state index contributed by atoms with van der Waals surface area (Å²) in [4.78, 5) is 19.0. The molecule has 7 heteroatoms. The monoisotopic (exact) mass is 327 g/mol. The molecule has 1 unspecified atom stereocenters. The summed E-state index contributed by atoms with van der Waals surface area (Å²) < 4.78 is 0. The number of aromatic hydroxyl groups is 1. The summed E-state index contributed by atoms with van der Waals surface area (Å²) >= 11 is 11.8. The van der Waals surface area contributed by atoms with E-state index in [1.165, 1.54) is 0 Å². The minimum atomic E-state index is -0.293. The van der Waals surface area contributed by atoms with E-state index < -0.39 is 0 Å². The van der Waals surface area contributed by atoms with Crippen molar-refractivity contribution < 1.29 is 5.11 Å². The van der Waals surface area contributed by atoms with Gasteiger partial charge in [-0.05, 0) is 32.9 Å². The van der Waals surface area contributed by atoms with E-state index >= 15 is 0 Å². The second-order valence-electron chi connectivity index (χ2n) is 4.80. The molecule has 0 aliphatic carbocycles. The van der Waals surface area contributed by atoms with Crippen LogP contribution in [0.25, 0.3) is 0 Å². The topological polar surface area (TPSA) is 78.0 Å². The Labute approximate surface area is 131 Å². The van der Waals surface area contributed by atoms with Crippen LogP contribution in [0.1, 0.15) is 30.0 Å². The molecule has 2 aromatic rings. The van der Waals surface area contributed by atoms with Crippen LogP contribution in [-0.4, -0.2) is 15.1 Å². The first kappa shape index (κ1) is 15.7. The highest BCUT2D eigenvalue weighted by molar-refractivity contribution is 6.37. The van der Waals surface area contributed by atoms with Gasteiger partial charge in [0, 0.05) is 5.69 Å². The number of rotatable bonds is 3. The lowest BCUT2D eigenvalue weighted by atomic mass is 10.1. The number of phenolic OH excluding ortho intramolecular Hbond substituents is 1. The predicted octanol–water partition coefficient (Wildman–Crippen LogP) is 3.57. The summed E-state index contributed by atoms with van der Waals surface area (Å²) in [6.07, 6.45) is 0. The average molecular weight is 328 g/mol. The van der Waals surface area contributed by atoms with Crippen LogP contribution in [-0.2, 0) is 0 Å². The fraction of sp³-hybridized carbons (Fsp3) is 0.286. The van der Waals surface area contributed by atoms with Crippen molar-refractivity contribution in [2.45, 2.75) is 26.8 Å². The first-order valence-corrected chi connectivity index (χ1v) is 7.07. The van der Waals surface area contributed by atoms with E-state index in [1.54, 1.807) is 26.0 Å². The summed E-state index contributed by atoms with van der Waals surface area (Å²) in [7, 11) is 0. The zero-order valence-electron chi connectivity index (χ0n) is 11.8. The summed E-state index contributed by atoms with van der Waals surface area (Å²) in [6.45, 7) is 5.35. The third-order valence-electron chi connectivity index (χ3n) is 3.10. The number of aromatic nitrogens is 2. The van der Waals surface area contributed by atoms with E-state index in [1.807, 2.05) is 6.92 Å². The number of hydrogen-bond acceptors (Lipinski definition) is 4. The van der Waals surface area contributed by atoms with Gasteiger partial charge in [0.15, 0.2) is 5.75 Å². The van der Waals surface area contributed by atoms with Crippen LogP contribution in [0.15, 0.2) is 16.9 Å². The van der Waals surface area contributed by atoms with Crippen molar-refractivity contribution in [1.82, 2.24) is 9.97 Å². The van der Waals surface area contributed by atoms with Gasteiger partial charge in [0.2, 0.25) is 0 Å². The Hall–Kier alpha value is -1.72. The van der Waals surface area contributed by atoms with E-state index in [2.05, 4.69) is 15.3 Å². The molecule has 0 bridgehead atoms. The number of anilines is 1. The van der Waals surface area contributed by atoms with Crippen LogP contribution in [0.4, 0.5) is 5.69 Å². The second kappa shape index (κ2) is 5.95. The van der Waals surface area contributed by atoms with Gasteiger partial charge in [-0.1, -0.05) is 23.2 Å². The molecule has 21 heavy (non-hydrogen) atoms. The van der Waals surface area contributed by atoms with E-state index in [4.69, 9.17) is 23.2 Å². The number of aromatic amines is 1. The summed E-state index contributed by atoms with van der Waals surface area (Å²) in [5.74, 6) is 0.409. The molecule has 0 radical (unpaired) electrons. The maximum atomic E-state index is 12.1. The molecule has 0 saturated heterocycles. The molecule has 3 N–H and O–H groups in total. The number of hydrogen-bond donors (Lipinski definition) is 3. The van der Waals surface area contributed by atoms with Crippen LogP contribution in [0.2, 0.25) is 10.0 Å². The normalized spacial score (nSPS) is 12.2. The Kier molecular flexibility index (Phi) is 4.44. The van der Waals surface area contributed by atoms with Crippen LogP contribution >= 0.6 is 23.2 Å². The molecule has 0 spiro atoms. The molecule has 0 aliphatic rings. The van der Waals surface area contributed by atoms with Crippen molar-refractivity contribution in [3.63, 3.8) is 0 Å². The number of benzene rings is 1. The van der Waals surface area contributed by atoms with E-state index in [-0.39, 0.29) is 27.4 Å². The fourth-order valence-corrected chi connectivity index (χ4v) is 2.70. The van der Waals surface area contributed by atoms with Gasteiger partial charge >= 0.3 is 0 Å². The minimum Gasteiger partial charge on any atom is -0.505 e. The maximum absolute atomic E-state index is 12.1. The van der Waals surface area contributed by atoms with Gasteiger partial charge in [0.05, 0.1) is 27.3 Å². The minimum absolute atomic E-state index is 0.143. The Morgan fingerprint density at radius 1 is 1.29 bits per heavy atom. The number of halogens is 2. The van der Waals surface area contributed by atoms with Crippen molar-refractivity contribution in [3.8, 4) is 5.75 Å². The molecule has 112 valence electrons. The molecule has 0 saturated carbocycles. The lowest BCUT2D eigenvalue weighted by Gasteiger charge is -2.17. The number of H-pyrrole nitrogens is 1. The van der Waals surface area contributed by atoms with Crippen molar-refractivity contribution in [2.24, 2.45) is 0 Å². The average Bonchev–Trinajstić information content (AvgIpc) is 2.34. The molecule has 1 atom stereocenters. The number of phenols is 1. The Morgan fingerprint density at radius 2 is 1.86 bits per heavy atom. The van der Waals surface area contributed by atoms with Crippen LogP contribution in [0, 0.1) is 13.8 Å². The maximum Gasteiger partial charge on any atom is 0.256 e. The highest BCUT2D eigenvalue weighted by Crippen LogP contribution is 2.35. The van der Waals surface area contributed by atoms with Gasteiger partial charge < -0.3 is 15.4 Å². The predicted molar refractivity (Wildman–Crippen MR) is 84.5 cm³/mol. The highest BCUT2D eigenvalue weighted by Gasteiger charge is 2.16. The Bertz CT molecular complexity index is 720. The standard InChI is InChI=1S/C14H15Cl2N3O2/c1-6-12(14(21)19-8(3)17-6)7(2)18-9-4-10(15)13(20)11(16)5-9/h4-5,7,18,20H,1-3H3,(H,17,19,21). The zero-order chi connectivity index (χ0) is 15.7. The van der Waals surface area contributed by atoms with Gasteiger partial charge in [0.1, 0.15) is 5.82 Å². The first-order valence-electron chi connectivity index (χ1n) is 6.31. The van der Waals surface area contributed by atoms with E-state index in [0.29, 0.717) is 22.8 Å². The van der Waals surface area contributed by atoms with Crippen molar-refractivity contribution in [2.75, 3.05) is 5.32 Å². The second-order valence-corrected chi connectivity index (χ2v) is 5.62. The molecular formula is C14H15Cl2N3O2. The van der Waals surface area contributed by atoms with E-state index in [0.717, 1.165) is 0 Å². The number of nitrogens with zero attached hydrogens (tertiary/aromatic N) is 1. The molecular weight excluding hydrogens is 313 g/mol. The largest absolute Gasteiger partial charge is 0.505 e. The molecule has 1 aromatic carbocycles. The molecule has 1 heterocycles. The third-order valence-corrected chi connectivity index (χ3v) is 3.67. The van der Waals surface area contributed by atoms with Gasteiger partial charge in [-0.25, -0.2) is 4.98 Å². The SMILES string of the molecule is Cc1nc(C)c(C(C)Nc2cc(Cl)c(O)c(Cl)c2)c(=O)[nH]1. The molecule has 5 nitrogen and oxygen atoms in total. The van der Waals surface area contributed by atoms with Gasteiger partial charge in [-0.15, -0.1) is 0 Å². The number of nitrogens with one attached hydrogen (secondary N) is 2. The quantitative estimate of drug-likeness (QED) is 0.753. The van der Waals surface area contributed by atoms with Gasteiger partial charge in [-0.2, -0.15) is 0 Å². The molecule has 1 aromatic heterocycles. The van der Waals surface area contributed by atoms with Gasteiger partial charge in [-0.3, -0.25) is 4.79 Å². The smallest absolute Gasteiger partial charge is 0.256 e. The molecule has 0 amide bonds. The molecule has 0 fully saturated rings. The number of aryl methyl sites for hydroxylation is 2. The Balaban J connectivity index is 2.35. The van der Waals surface area contributed by atoms with Crippen LogP contribution in [0.5, 0.6) is 5.75 Å². The van der Waals surface area contributed by atoms with Crippen molar-refractivity contribution >= 4 is 28.9 Å². The van der Waals surface area contributed by atoms with E-state index in [9.17, 15) is 9.90 Å². The van der Waals surface area contributed by atoms with Gasteiger partial charge in [0.25, 0.3) is 5.56 Å². The summed E-state index contributed by atoms with van der Waals surface area (Å²) in [6, 6.07) is 2.80. The first-order chi connectivity index (χ1) is 9.79.